The van der Waals surface area contributed by atoms with E-state index in [0.29, 0.717) is 27.6 Å². The van der Waals surface area contributed by atoms with Crippen LogP contribution in [-0.2, 0) is 0 Å². The Bertz CT molecular complexity index is 3030. The maximum atomic E-state index is 14.4. The molecule has 13 nitrogen and oxygen atoms in total. The first-order chi connectivity index (χ1) is 25.3. The summed E-state index contributed by atoms with van der Waals surface area (Å²) in [4.78, 5) is 41.9. The Labute approximate surface area is 293 Å². The van der Waals surface area contributed by atoms with Crippen LogP contribution in [0.15, 0.2) is 110 Å². The van der Waals surface area contributed by atoms with Gasteiger partial charge in [0.15, 0.2) is 29.1 Å². The normalized spacial score (nSPS) is 13.8. The lowest BCUT2D eigenvalue weighted by Crippen LogP contribution is -2.26. The van der Waals surface area contributed by atoms with Gasteiger partial charge in [-0.3, -0.25) is 4.99 Å². The molecule has 238 valence electrons. The molecule has 2 aliphatic heterocycles. The summed E-state index contributed by atoms with van der Waals surface area (Å²) in [6.45, 7) is 24.3. The fraction of sp³-hybridized carbons (Fsp3) is 0.0263. The molecule has 1 aromatic heterocycles. The van der Waals surface area contributed by atoms with E-state index in [1.54, 1.807) is 67.6 Å². The van der Waals surface area contributed by atoms with Crippen LogP contribution >= 0.6 is 0 Å². The van der Waals surface area contributed by atoms with E-state index in [0.717, 1.165) is 0 Å². The van der Waals surface area contributed by atoms with Gasteiger partial charge in [0.1, 0.15) is 23.3 Å². The number of fused-ring (bicyclic) bond motifs is 2. The zero-order valence-corrected chi connectivity index (χ0v) is 26.5. The number of nitriles is 3. The van der Waals surface area contributed by atoms with Crippen LogP contribution in [-0.4, -0.2) is 15.0 Å². The van der Waals surface area contributed by atoms with Crippen molar-refractivity contribution in [2.75, 3.05) is 0 Å². The van der Waals surface area contributed by atoms with E-state index in [1.165, 1.54) is 12.1 Å². The third-order valence-electron chi connectivity index (χ3n) is 8.00. The number of allylic oxidation sites excluding steroid dienone is 2. The molecule has 0 saturated heterocycles. The Morgan fingerprint density at radius 1 is 0.654 bits per heavy atom. The first-order valence-corrected chi connectivity index (χ1v) is 15.0. The SMILES string of the molecule is [C-]#[N+]/C(C)=C1/N=c2ccc(-c3nc(-c4ccc(-c5ccc(C#N)c(F)c5)cc4)nc(-c4ccc5c(c4C#N)=N/C(=C(\C#N)[N+]#[C-])N=5)n3)c([N+]#[C-])c2=N1. The van der Waals surface area contributed by atoms with Crippen molar-refractivity contribution >= 4 is 5.69 Å². The summed E-state index contributed by atoms with van der Waals surface area (Å²) >= 11 is 0. The number of halogens is 1. The summed E-state index contributed by atoms with van der Waals surface area (Å²) in [5.74, 6) is -0.257. The largest absolute Gasteiger partial charge is 0.305 e. The van der Waals surface area contributed by atoms with Crippen LogP contribution in [0.25, 0.3) is 59.8 Å². The molecule has 0 fully saturated rings. The van der Waals surface area contributed by atoms with Crippen molar-refractivity contribution in [1.82, 2.24) is 15.0 Å². The van der Waals surface area contributed by atoms with Gasteiger partial charge in [-0.05, 0) is 48.4 Å². The third kappa shape index (κ3) is 5.36. The smallest absolute Gasteiger partial charge is 0.251 e. The molecule has 7 rings (SSSR count). The molecule has 0 bridgehead atoms. The van der Waals surface area contributed by atoms with Gasteiger partial charge in [0.05, 0.1) is 53.0 Å². The first kappa shape index (κ1) is 32.0. The van der Waals surface area contributed by atoms with Crippen molar-refractivity contribution in [2.45, 2.75) is 6.92 Å². The Hall–Kier alpha value is -8.56. The third-order valence-corrected chi connectivity index (χ3v) is 8.00. The van der Waals surface area contributed by atoms with Gasteiger partial charge in [-0.25, -0.2) is 54.1 Å². The van der Waals surface area contributed by atoms with Gasteiger partial charge in [0.2, 0.25) is 11.4 Å². The summed E-state index contributed by atoms with van der Waals surface area (Å²) < 4.78 is 14.4. The van der Waals surface area contributed by atoms with Crippen LogP contribution in [0, 0.1) is 59.5 Å². The highest BCUT2D eigenvalue weighted by Gasteiger charge is 2.22. The number of aromatic nitrogens is 3. The van der Waals surface area contributed by atoms with E-state index in [4.69, 9.17) is 39.9 Å². The van der Waals surface area contributed by atoms with Crippen molar-refractivity contribution in [1.29, 1.82) is 15.8 Å². The van der Waals surface area contributed by atoms with E-state index >= 15 is 0 Å². The van der Waals surface area contributed by atoms with Crippen LogP contribution in [0.3, 0.4) is 0 Å². The van der Waals surface area contributed by atoms with E-state index in [2.05, 4.69) is 40.6 Å². The lowest BCUT2D eigenvalue weighted by molar-refractivity contribution is 0.624. The van der Waals surface area contributed by atoms with Crippen molar-refractivity contribution in [2.24, 2.45) is 20.0 Å². The van der Waals surface area contributed by atoms with Crippen molar-refractivity contribution in [3.8, 4) is 63.5 Å². The molecule has 5 aromatic rings. The van der Waals surface area contributed by atoms with Crippen LogP contribution in [0.2, 0.25) is 0 Å². The topological polar surface area (TPSA) is 173 Å². The van der Waals surface area contributed by atoms with Crippen LogP contribution < -0.4 is 21.4 Å². The molecular weight excluding hydrogens is 658 g/mol. The fourth-order valence-electron chi connectivity index (χ4n) is 5.42. The van der Waals surface area contributed by atoms with Crippen molar-refractivity contribution in [3.05, 3.63) is 162 Å². The standard InChI is InChI=1S/C38H14FN13/c1-19(43-2)34-46-29-14-12-25(32(45-4)33(29)49-34)37-51-35(21-7-5-20(6-8-21)22-9-10-23(16-40)27(39)15-22)50-36(52-37)24-11-13-28-31(26(24)17-41)48-38(47-28)30(18-42)44-3/h5-15H,1H3/b34-19-,38-30+. The van der Waals surface area contributed by atoms with Gasteiger partial charge in [-0.15, -0.1) is 0 Å². The molecule has 0 atom stereocenters. The highest BCUT2D eigenvalue weighted by molar-refractivity contribution is 5.78. The lowest BCUT2D eigenvalue weighted by atomic mass is 10.0. The molecule has 4 aromatic carbocycles. The van der Waals surface area contributed by atoms with Gasteiger partial charge in [0.25, 0.3) is 0 Å². The minimum atomic E-state index is -0.644. The van der Waals surface area contributed by atoms with E-state index in [9.17, 15) is 14.9 Å². The predicted molar refractivity (Wildman–Crippen MR) is 180 cm³/mol. The van der Waals surface area contributed by atoms with Crippen molar-refractivity contribution < 1.29 is 4.39 Å². The molecule has 0 aliphatic carbocycles. The summed E-state index contributed by atoms with van der Waals surface area (Å²) in [6.07, 6.45) is 0. The highest BCUT2D eigenvalue weighted by Crippen LogP contribution is 2.31. The molecule has 0 spiro atoms. The second kappa shape index (κ2) is 12.8. The number of nitrogens with zero attached hydrogens (tertiary/aromatic N) is 13. The van der Waals surface area contributed by atoms with E-state index < -0.39 is 5.82 Å². The molecule has 2 aliphatic rings. The number of hydrogen-bond acceptors (Lipinski definition) is 10. The Morgan fingerprint density at radius 3 is 1.90 bits per heavy atom. The monoisotopic (exact) mass is 671 g/mol. The Morgan fingerprint density at radius 2 is 1.27 bits per heavy atom. The molecule has 52 heavy (non-hydrogen) atoms. The molecule has 0 amide bonds. The van der Waals surface area contributed by atoms with Crippen molar-refractivity contribution in [3.63, 3.8) is 0 Å². The molecule has 0 N–H and O–H groups in total. The van der Waals surface area contributed by atoms with Crippen LogP contribution in [0.1, 0.15) is 18.1 Å². The number of rotatable bonds is 4. The van der Waals surface area contributed by atoms with Gasteiger partial charge in [-0.2, -0.15) is 10.5 Å². The summed E-state index contributed by atoms with van der Waals surface area (Å²) in [6, 6.07) is 23.4. The second-order valence-corrected chi connectivity index (χ2v) is 11.0. The Kier molecular flexibility index (Phi) is 7.88. The zero-order valence-electron chi connectivity index (χ0n) is 26.5. The maximum absolute atomic E-state index is 14.4. The maximum Gasteiger partial charge on any atom is 0.305 e. The summed E-state index contributed by atoms with van der Waals surface area (Å²) in [5, 5.41) is 29.9. The molecule has 0 saturated carbocycles. The average molecular weight is 672 g/mol. The van der Waals surface area contributed by atoms with E-state index in [1.807, 2.05) is 6.07 Å². The van der Waals surface area contributed by atoms with Crippen LogP contribution in [0.4, 0.5) is 10.1 Å². The molecule has 14 heteroatoms. The zero-order chi connectivity index (χ0) is 36.5. The Balaban J connectivity index is 1.45. The quantitative estimate of drug-likeness (QED) is 0.188. The molecule has 0 radical (unpaired) electrons. The molecular formula is C38H14FN13. The predicted octanol–water partition coefficient (Wildman–Crippen LogP) is 5.20. The summed E-state index contributed by atoms with van der Waals surface area (Å²) in [7, 11) is 0. The molecule has 0 unspecified atom stereocenters. The fourth-order valence-corrected chi connectivity index (χ4v) is 5.42. The minimum Gasteiger partial charge on any atom is -0.251 e. The van der Waals surface area contributed by atoms with Gasteiger partial charge in [0, 0.05) is 16.7 Å². The van der Waals surface area contributed by atoms with Gasteiger partial charge < -0.3 is 0 Å². The number of hydrogen-bond donors (Lipinski definition) is 0. The first-order valence-electron chi connectivity index (χ1n) is 15.0. The van der Waals surface area contributed by atoms with Crippen LogP contribution in [0.5, 0.6) is 0 Å². The van der Waals surface area contributed by atoms with Gasteiger partial charge in [-0.1, -0.05) is 36.4 Å². The second-order valence-electron chi connectivity index (χ2n) is 11.0. The highest BCUT2D eigenvalue weighted by atomic mass is 19.1. The molecule has 3 heterocycles. The van der Waals surface area contributed by atoms with Gasteiger partial charge >= 0.3 is 5.70 Å². The van der Waals surface area contributed by atoms with E-state index in [-0.39, 0.29) is 79.0 Å². The lowest BCUT2D eigenvalue weighted by Gasteiger charge is -2.11. The summed E-state index contributed by atoms with van der Waals surface area (Å²) in [5.41, 5.74) is 2.27. The average Bonchev–Trinajstić information content (AvgIpc) is 3.82. The minimum absolute atomic E-state index is 0.0392. The number of benzene rings is 4.